The average Bonchev–Trinajstić information content (AvgIpc) is 2.65. The molecule has 0 saturated carbocycles. The first kappa shape index (κ1) is 17.9. The quantitative estimate of drug-likeness (QED) is 0.646. The van der Waals surface area contributed by atoms with Gasteiger partial charge in [-0.15, -0.1) is 0 Å². The molecule has 0 unspecified atom stereocenters. The number of benzene rings is 2. The maximum absolute atomic E-state index is 12.4. The van der Waals surface area contributed by atoms with Gasteiger partial charge in [0.15, 0.2) is 0 Å². The van der Waals surface area contributed by atoms with E-state index in [4.69, 9.17) is 14.2 Å². The lowest BCUT2D eigenvalue weighted by Gasteiger charge is -2.08. The molecule has 0 bridgehead atoms. The maximum Gasteiger partial charge on any atom is 0.266 e. The lowest BCUT2D eigenvalue weighted by molar-refractivity contribution is -0.112. The third-order valence-electron chi connectivity index (χ3n) is 3.38. The number of amides is 1. The van der Waals surface area contributed by atoms with Crippen LogP contribution >= 0.6 is 0 Å². The number of nitriles is 1. The van der Waals surface area contributed by atoms with Gasteiger partial charge < -0.3 is 19.5 Å². The van der Waals surface area contributed by atoms with Gasteiger partial charge in [-0.05, 0) is 35.9 Å². The van der Waals surface area contributed by atoms with Gasteiger partial charge in [0.2, 0.25) is 0 Å². The third kappa shape index (κ3) is 4.75. The van der Waals surface area contributed by atoms with E-state index in [9.17, 15) is 10.1 Å². The Kier molecular flexibility index (Phi) is 6.02. The number of rotatable bonds is 6. The molecule has 2 aromatic rings. The van der Waals surface area contributed by atoms with E-state index in [0.29, 0.717) is 28.5 Å². The van der Waals surface area contributed by atoms with Crippen LogP contribution in [0.25, 0.3) is 6.08 Å². The molecule has 0 aromatic heterocycles. The molecular formula is C19H18N2O4. The number of hydrogen-bond donors (Lipinski definition) is 1. The predicted octanol–water partition coefficient (Wildman–Crippen LogP) is 3.26. The van der Waals surface area contributed by atoms with Gasteiger partial charge in [0.25, 0.3) is 5.91 Å². The van der Waals surface area contributed by atoms with Crippen LogP contribution in [-0.2, 0) is 4.79 Å². The van der Waals surface area contributed by atoms with Crippen LogP contribution in [0.5, 0.6) is 17.2 Å². The van der Waals surface area contributed by atoms with E-state index in [1.807, 2.05) is 6.07 Å². The Morgan fingerprint density at radius 2 is 1.64 bits per heavy atom. The molecule has 2 rings (SSSR count). The molecule has 0 radical (unpaired) electrons. The highest BCUT2D eigenvalue weighted by atomic mass is 16.5. The van der Waals surface area contributed by atoms with Gasteiger partial charge in [-0.2, -0.15) is 5.26 Å². The highest BCUT2D eigenvalue weighted by Crippen LogP contribution is 2.24. The summed E-state index contributed by atoms with van der Waals surface area (Å²) < 4.78 is 15.5. The maximum atomic E-state index is 12.4. The summed E-state index contributed by atoms with van der Waals surface area (Å²) in [6.07, 6.45) is 1.47. The molecule has 0 aliphatic heterocycles. The molecular weight excluding hydrogens is 320 g/mol. The van der Waals surface area contributed by atoms with Gasteiger partial charge in [-0.1, -0.05) is 6.07 Å². The number of carbonyl (C=O) groups is 1. The number of ether oxygens (including phenoxy) is 3. The fraction of sp³-hybridized carbons (Fsp3) is 0.158. The normalized spacial score (nSPS) is 10.6. The van der Waals surface area contributed by atoms with Crippen molar-refractivity contribution in [2.24, 2.45) is 0 Å². The minimum atomic E-state index is -0.516. The highest BCUT2D eigenvalue weighted by Gasteiger charge is 2.11. The Balaban J connectivity index is 2.27. The zero-order chi connectivity index (χ0) is 18.2. The van der Waals surface area contributed by atoms with Crippen LogP contribution in [0.2, 0.25) is 0 Å². The second-order valence-electron chi connectivity index (χ2n) is 5.00. The summed E-state index contributed by atoms with van der Waals surface area (Å²) >= 11 is 0. The fourth-order valence-electron chi connectivity index (χ4n) is 2.13. The second-order valence-corrected chi connectivity index (χ2v) is 5.00. The Bertz CT molecular complexity index is 815. The van der Waals surface area contributed by atoms with Crippen LogP contribution in [0.15, 0.2) is 48.0 Å². The van der Waals surface area contributed by atoms with Crippen LogP contribution in [-0.4, -0.2) is 27.2 Å². The molecule has 6 nitrogen and oxygen atoms in total. The monoisotopic (exact) mass is 338 g/mol. The van der Waals surface area contributed by atoms with Gasteiger partial charge in [0, 0.05) is 17.8 Å². The summed E-state index contributed by atoms with van der Waals surface area (Å²) in [5.74, 6) is 1.22. The lowest BCUT2D eigenvalue weighted by atomic mass is 10.1. The molecule has 2 aromatic carbocycles. The van der Waals surface area contributed by atoms with Crippen molar-refractivity contribution in [2.75, 3.05) is 26.6 Å². The van der Waals surface area contributed by atoms with E-state index >= 15 is 0 Å². The Morgan fingerprint density at radius 3 is 2.20 bits per heavy atom. The molecule has 1 N–H and O–H groups in total. The van der Waals surface area contributed by atoms with Crippen LogP contribution in [0.1, 0.15) is 5.56 Å². The molecule has 0 aliphatic carbocycles. The second kappa shape index (κ2) is 8.41. The topological polar surface area (TPSA) is 80.6 Å². The van der Waals surface area contributed by atoms with E-state index in [-0.39, 0.29) is 5.57 Å². The molecule has 0 aliphatic rings. The van der Waals surface area contributed by atoms with E-state index in [0.717, 1.165) is 0 Å². The molecule has 0 heterocycles. The first-order valence-corrected chi connectivity index (χ1v) is 7.40. The molecule has 0 atom stereocenters. The van der Waals surface area contributed by atoms with E-state index in [2.05, 4.69) is 5.32 Å². The molecule has 0 fully saturated rings. The summed E-state index contributed by atoms with van der Waals surface area (Å²) in [6, 6.07) is 13.9. The van der Waals surface area contributed by atoms with Crippen molar-refractivity contribution in [2.45, 2.75) is 0 Å². The van der Waals surface area contributed by atoms with Crippen molar-refractivity contribution < 1.29 is 19.0 Å². The zero-order valence-corrected chi connectivity index (χ0v) is 14.2. The number of carbonyl (C=O) groups excluding carboxylic acids is 1. The van der Waals surface area contributed by atoms with Gasteiger partial charge in [-0.3, -0.25) is 4.79 Å². The minimum absolute atomic E-state index is 0.0434. The molecule has 6 heteroatoms. The average molecular weight is 338 g/mol. The predicted molar refractivity (Wildman–Crippen MR) is 94.8 cm³/mol. The standard InChI is InChI=1S/C19H18N2O4/c1-23-16-6-4-5-15(10-16)21-19(22)14(12-20)7-13-8-17(24-2)11-18(9-13)25-3/h4-11H,1-3H3,(H,21,22)/b14-7+. The number of nitrogens with zero attached hydrogens (tertiary/aromatic N) is 1. The summed E-state index contributed by atoms with van der Waals surface area (Å²) in [4.78, 5) is 12.4. The fourth-order valence-corrected chi connectivity index (χ4v) is 2.13. The van der Waals surface area contributed by atoms with Crippen molar-refractivity contribution in [3.63, 3.8) is 0 Å². The van der Waals surface area contributed by atoms with Gasteiger partial charge in [0.1, 0.15) is 28.9 Å². The molecule has 128 valence electrons. The van der Waals surface area contributed by atoms with Crippen molar-refractivity contribution >= 4 is 17.7 Å². The van der Waals surface area contributed by atoms with Crippen LogP contribution in [0.4, 0.5) is 5.69 Å². The van der Waals surface area contributed by atoms with Crippen molar-refractivity contribution in [1.29, 1.82) is 5.26 Å². The van der Waals surface area contributed by atoms with Crippen molar-refractivity contribution in [3.8, 4) is 23.3 Å². The van der Waals surface area contributed by atoms with E-state index in [1.54, 1.807) is 42.5 Å². The minimum Gasteiger partial charge on any atom is -0.497 e. The number of anilines is 1. The largest absolute Gasteiger partial charge is 0.497 e. The van der Waals surface area contributed by atoms with Crippen LogP contribution < -0.4 is 19.5 Å². The summed E-state index contributed by atoms with van der Waals surface area (Å²) in [6.45, 7) is 0. The number of hydrogen-bond acceptors (Lipinski definition) is 5. The van der Waals surface area contributed by atoms with Crippen molar-refractivity contribution in [1.82, 2.24) is 0 Å². The van der Waals surface area contributed by atoms with E-state index in [1.165, 1.54) is 27.4 Å². The summed E-state index contributed by atoms with van der Waals surface area (Å²) in [5.41, 5.74) is 1.11. The van der Waals surface area contributed by atoms with Crippen molar-refractivity contribution in [3.05, 3.63) is 53.6 Å². The molecule has 0 spiro atoms. The summed E-state index contributed by atoms with van der Waals surface area (Å²) in [7, 11) is 4.60. The Morgan fingerprint density at radius 1 is 1.00 bits per heavy atom. The number of methoxy groups -OCH3 is 3. The van der Waals surface area contributed by atoms with Gasteiger partial charge >= 0.3 is 0 Å². The van der Waals surface area contributed by atoms with Crippen LogP contribution in [0.3, 0.4) is 0 Å². The Hall–Kier alpha value is -3.46. The highest BCUT2D eigenvalue weighted by molar-refractivity contribution is 6.09. The van der Waals surface area contributed by atoms with E-state index < -0.39 is 5.91 Å². The lowest BCUT2D eigenvalue weighted by Crippen LogP contribution is -2.13. The number of nitrogens with one attached hydrogen (secondary N) is 1. The SMILES string of the molecule is COc1cccc(NC(=O)/C(C#N)=C/c2cc(OC)cc(OC)c2)c1. The zero-order valence-electron chi connectivity index (χ0n) is 14.2. The van der Waals surface area contributed by atoms with Gasteiger partial charge in [-0.25, -0.2) is 0 Å². The van der Waals surface area contributed by atoms with Gasteiger partial charge in [0.05, 0.1) is 21.3 Å². The van der Waals surface area contributed by atoms with Crippen LogP contribution in [0, 0.1) is 11.3 Å². The smallest absolute Gasteiger partial charge is 0.266 e. The first-order chi connectivity index (χ1) is 12.1. The third-order valence-corrected chi connectivity index (χ3v) is 3.38. The Labute approximate surface area is 146 Å². The molecule has 1 amide bonds. The first-order valence-electron chi connectivity index (χ1n) is 7.40. The summed E-state index contributed by atoms with van der Waals surface area (Å²) in [5, 5.41) is 12.0. The molecule has 0 saturated heterocycles. The molecule has 25 heavy (non-hydrogen) atoms.